The maximum absolute atomic E-state index is 0. The van der Waals surface area contributed by atoms with E-state index in [1.807, 2.05) is 0 Å². The van der Waals surface area contributed by atoms with Crippen molar-refractivity contribution in [3.05, 3.63) is 0 Å². The summed E-state index contributed by atoms with van der Waals surface area (Å²) in [6.45, 7) is 0. The molecule has 4 heavy (non-hydrogen) atoms. The van der Waals surface area contributed by atoms with Gasteiger partial charge in [-0.3, -0.25) is 0 Å². The second-order valence-corrected chi connectivity index (χ2v) is 0. The molecule has 0 aliphatic rings. The Morgan fingerprint density at radius 3 is 1.00 bits per heavy atom. The van der Waals surface area contributed by atoms with Crippen LogP contribution in [0.3, 0.4) is 0 Å². The molecule has 0 aliphatic heterocycles. The summed E-state index contributed by atoms with van der Waals surface area (Å²) in [6, 6.07) is 0. The van der Waals surface area contributed by atoms with E-state index in [1.165, 1.54) is 0 Å². The van der Waals surface area contributed by atoms with Gasteiger partial charge < -0.3 is 0 Å². The third-order valence-electron chi connectivity index (χ3n) is 0. The predicted molar refractivity (Wildman–Crippen MR) is 5.75 cm³/mol. The van der Waals surface area contributed by atoms with Gasteiger partial charge in [0, 0.05) is 82.1 Å². The Labute approximate surface area is 80.9 Å². The molecule has 0 aromatic rings. The zero-order valence-corrected chi connectivity index (χ0v) is 10.8. The van der Waals surface area contributed by atoms with Crippen molar-refractivity contribution >= 4 is 17.6 Å². The molecule has 0 bridgehead atoms. The van der Waals surface area contributed by atoms with Crippen LogP contribution in [0.25, 0.3) is 0 Å². The first-order valence-electron chi connectivity index (χ1n) is 0. The third kappa shape index (κ3) is 8.82. The first-order valence-corrected chi connectivity index (χ1v) is 0. The van der Waals surface area contributed by atoms with Gasteiger partial charge in [-0.05, 0) is 0 Å². The van der Waals surface area contributed by atoms with Gasteiger partial charge >= 0.3 is 0 Å². The molecule has 5 radical (unpaired) electrons. The van der Waals surface area contributed by atoms with Crippen molar-refractivity contribution in [3.8, 4) is 0 Å². The van der Waals surface area contributed by atoms with Crippen molar-refractivity contribution in [2.24, 2.45) is 0 Å². The Morgan fingerprint density at radius 1 is 1.00 bits per heavy atom. The van der Waals surface area contributed by atoms with E-state index in [-0.39, 0.29) is 82.1 Å². The monoisotopic (exact) mass is 553 g/mol. The zero-order chi connectivity index (χ0) is 0. The Balaban J connectivity index is 0. The van der Waals surface area contributed by atoms with E-state index in [4.69, 9.17) is 0 Å². The van der Waals surface area contributed by atoms with Crippen LogP contribution in [0, 0.1) is 0 Å². The molecular formula is AuGeMoW. The molecule has 0 spiro atoms. The van der Waals surface area contributed by atoms with Crippen LogP contribution in [-0.4, -0.2) is 17.6 Å². The fourth-order valence-corrected chi connectivity index (χ4v) is 0. The molecular weight excluding hydrogens is 549 g/mol. The van der Waals surface area contributed by atoms with Gasteiger partial charge in [0.15, 0.2) is 0 Å². The van der Waals surface area contributed by atoms with Gasteiger partial charge in [-0.15, -0.1) is 0 Å². The zero-order valence-electron chi connectivity index (χ0n) is 1.62. The Morgan fingerprint density at radius 2 is 1.00 bits per heavy atom. The predicted octanol–water partition coefficient (Wildman–Crippen LogP) is -0.388. The summed E-state index contributed by atoms with van der Waals surface area (Å²) in [5.74, 6) is 0. The van der Waals surface area contributed by atoms with Crippen molar-refractivity contribution < 1.29 is 64.5 Å². The van der Waals surface area contributed by atoms with Crippen LogP contribution in [0.15, 0.2) is 0 Å². The molecule has 0 aromatic heterocycles. The summed E-state index contributed by atoms with van der Waals surface area (Å²) in [5, 5.41) is 0. The van der Waals surface area contributed by atoms with Gasteiger partial charge in [-0.25, -0.2) is 0 Å². The largest absolute Gasteiger partial charge is 0 e. The number of rotatable bonds is 0. The molecule has 4 heteroatoms. The SMILES string of the molecule is [Au].[Ge].[Mo].[W]. The average Bonchev–Trinajstić information content (AvgIpc) is 0. The molecule has 0 saturated carbocycles. The molecule has 0 heterocycles. The molecule has 0 atom stereocenters. The van der Waals surface area contributed by atoms with Gasteiger partial charge in [0.2, 0.25) is 0 Å². The fraction of sp³-hybridized carbons (Fsp3) is 0. The van der Waals surface area contributed by atoms with Gasteiger partial charge in [-0.2, -0.15) is 0 Å². The second-order valence-electron chi connectivity index (χ2n) is 0. The molecule has 0 amide bonds. The maximum atomic E-state index is 0. The van der Waals surface area contributed by atoms with Crippen molar-refractivity contribution in [3.63, 3.8) is 0 Å². The van der Waals surface area contributed by atoms with Crippen LogP contribution in [0.5, 0.6) is 0 Å². The topological polar surface area (TPSA) is 0 Å². The molecule has 0 saturated heterocycles. The standard InChI is InChI=1S/Au.Ge.Mo.W. The average molecular weight is 549 g/mol. The van der Waals surface area contributed by atoms with Crippen molar-refractivity contribution in [1.82, 2.24) is 0 Å². The van der Waals surface area contributed by atoms with Crippen molar-refractivity contribution in [2.45, 2.75) is 0 Å². The van der Waals surface area contributed by atoms with Crippen LogP contribution in [-0.2, 0) is 64.5 Å². The molecule has 0 unspecified atom stereocenters. The molecule has 0 nitrogen and oxygen atoms in total. The third-order valence-corrected chi connectivity index (χ3v) is 0. The van der Waals surface area contributed by atoms with E-state index >= 15 is 0 Å². The minimum Gasteiger partial charge on any atom is 0 e. The minimum atomic E-state index is 0. The van der Waals surface area contributed by atoms with Gasteiger partial charge in [-0.1, -0.05) is 0 Å². The van der Waals surface area contributed by atoms with E-state index in [0.717, 1.165) is 0 Å². The summed E-state index contributed by atoms with van der Waals surface area (Å²) >= 11 is 0. The minimum absolute atomic E-state index is 0. The second kappa shape index (κ2) is 17.4. The summed E-state index contributed by atoms with van der Waals surface area (Å²) in [4.78, 5) is 0. The molecule has 0 N–H and O–H groups in total. The van der Waals surface area contributed by atoms with Crippen LogP contribution in [0.1, 0.15) is 0 Å². The van der Waals surface area contributed by atoms with E-state index in [9.17, 15) is 0 Å². The smallest absolute Gasteiger partial charge is 0 e. The summed E-state index contributed by atoms with van der Waals surface area (Å²) in [6.07, 6.45) is 0. The fourth-order valence-electron chi connectivity index (χ4n) is 0. The van der Waals surface area contributed by atoms with Crippen LogP contribution < -0.4 is 0 Å². The van der Waals surface area contributed by atoms with Gasteiger partial charge in [0.25, 0.3) is 0 Å². The van der Waals surface area contributed by atoms with Gasteiger partial charge in [0.05, 0.1) is 0 Å². The maximum Gasteiger partial charge on any atom is 0 e. The van der Waals surface area contributed by atoms with Crippen LogP contribution in [0.4, 0.5) is 0 Å². The number of hydrogen-bond donors (Lipinski definition) is 0. The van der Waals surface area contributed by atoms with Crippen molar-refractivity contribution in [1.29, 1.82) is 0 Å². The first-order chi connectivity index (χ1) is 0. The first kappa shape index (κ1) is 30.2. The summed E-state index contributed by atoms with van der Waals surface area (Å²) in [5.41, 5.74) is 0. The molecule has 0 rings (SSSR count). The van der Waals surface area contributed by atoms with E-state index < -0.39 is 0 Å². The Kier molecular flexibility index (Phi) is 131. The molecule has 0 aliphatic carbocycles. The van der Waals surface area contributed by atoms with Gasteiger partial charge in [0.1, 0.15) is 0 Å². The molecule has 0 aromatic carbocycles. The summed E-state index contributed by atoms with van der Waals surface area (Å²) < 4.78 is 0. The van der Waals surface area contributed by atoms with Crippen molar-refractivity contribution in [2.75, 3.05) is 0 Å². The van der Waals surface area contributed by atoms with Crippen LogP contribution in [0.2, 0.25) is 0 Å². The van der Waals surface area contributed by atoms with Crippen LogP contribution >= 0.6 is 0 Å². The molecule has 0 fully saturated rings. The molecule has 27 valence electrons. The quantitative estimate of drug-likeness (QED) is 0.362. The normalized spacial score (nSPS) is 0. The Hall–Kier alpha value is 2.66. The number of hydrogen-bond acceptors (Lipinski definition) is 0. The summed E-state index contributed by atoms with van der Waals surface area (Å²) in [7, 11) is 0. The Bertz CT molecular complexity index is 8.00. The van der Waals surface area contributed by atoms with E-state index in [2.05, 4.69) is 0 Å². The van der Waals surface area contributed by atoms with E-state index in [1.54, 1.807) is 0 Å². The van der Waals surface area contributed by atoms with E-state index in [0.29, 0.717) is 0 Å².